The second-order valence-corrected chi connectivity index (χ2v) is 12.7. The van der Waals surface area contributed by atoms with Crippen LogP contribution < -0.4 is 21.3 Å². The average molecular weight is 1130 g/mol. The van der Waals surface area contributed by atoms with Gasteiger partial charge in [0, 0.05) is 94.6 Å². The number of carbonyl (C=O) groups is 4. The summed E-state index contributed by atoms with van der Waals surface area (Å²) in [4.78, 5) is 78.7. The van der Waals surface area contributed by atoms with Crippen LogP contribution in [0.1, 0.15) is 41.4 Å². The molecule has 0 saturated carbocycles. The average Bonchev–Trinajstić information content (AvgIpc) is 3.36. The van der Waals surface area contributed by atoms with Gasteiger partial charge in [-0.2, -0.15) is 0 Å². The number of aromatic nitrogens is 4. The Labute approximate surface area is 431 Å². The van der Waals surface area contributed by atoms with Gasteiger partial charge in [0.1, 0.15) is 0 Å². The Morgan fingerprint density at radius 1 is 0.300 bits per heavy atom. The zero-order valence-electron chi connectivity index (χ0n) is 36.2. The van der Waals surface area contributed by atoms with Crippen LogP contribution in [0.15, 0.2) is 219 Å². The van der Waals surface area contributed by atoms with E-state index in [9.17, 15) is 19.2 Å². The number of nitrogens with one attached hydrogen (secondary N) is 4. The number of anilines is 4. The number of hydrogen-bond donors (Lipinski definition) is 4. The van der Waals surface area contributed by atoms with Gasteiger partial charge in [-0.3, -0.25) is 39.1 Å². The molecule has 70 heavy (non-hydrogen) atoms. The summed E-state index contributed by atoms with van der Waals surface area (Å²) in [5.74, 6) is -0.438. The summed E-state index contributed by atoms with van der Waals surface area (Å²) in [7, 11) is 0. The zero-order chi connectivity index (χ0) is 49.2. The van der Waals surface area contributed by atoms with Gasteiger partial charge in [-0.15, -0.1) is 0 Å². The topological polar surface area (TPSA) is 300 Å². The monoisotopic (exact) mass is 1130 g/mol. The second kappa shape index (κ2) is 35.4. The van der Waals surface area contributed by atoms with Gasteiger partial charge in [0.2, 0.25) is 0 Å². The maximum atomic E-state index is 11.7. The third-order valence-electron chi connectivity index (χ3n) is 7.90. The molecule has 4 N–H and O–H groups in total. The first-order valence-electron chi connectivity index (χ1n) is 19.6. The number of benzene rings is 4. The molecule has 8 rings (SSSR count). The van der Waals surface area contributed by atoms with Crippen molar-refractivity contribution in [3.05, 3.63) is 272 Å². The molecule has 0 aliphatic carbocycles. The molecule has 0 atom stereocenters. The summed E-state index contributed by atoms with van der Waals surface area (Å²) in [6.45, 7) is 0. The van der Waals surface area contributed by atoms with Gasteiger partial charge in [0.05, 0.1) is 10.2 Å². The van der Waals surface area contributed by atoms with Crippen molar-refractivity contribution in [2.45, 2.75) is 0 Å². The fourth-order valence-corrected chi connectivity index (χ4v) is 4.91. The summed E-state index contributed by atoms with van der Waals surface area (Å²) in [5.41, 5.74) is 5.59. The van der Waals surface area contributed by atoms with Crippen LogP contribution in [0.2, 0.25) is 0 Å². The first-order valence-corrected chi connectivity index (χ1v) is 19.6. The minimum absolute atomic E-state index is 0. The van der Waals surface area contributed by atoms with Gasteiger partial charge in [0.15, 0.2) is 0 Å². The number of amides is 4. The van der Waals surface area contributed by atoms with Crippen molar-refractivity contribution >= 4 is 46.4 Å². The Hall–Kier alpha value is -8.76. The molecule has 8 aromatic rings. The van der Waals surface area contributed by atoms with Crippen molar-refractivity contribution in [1.29, 1.82) is 0 Å². The Kier molecular flexibility index (Phi) is 30.0. The quantitative estimate of drug-likeness (QED) is 0.0628. The molecular weight excluding hydrogens is 1090 g/mol. The van der Waals surface area contributed by atoms with Crippen LogP contribution in [-0.4, -0.2) is 53.7 Å². The van der Waals surface area contributed by atoms with E-state index in [-0.39, 0.29) is 68.4 Å². The van der Waals surface area contributed by atoms with Gasteiger partial charge in [-0.1, -0.05) is 72.8 Å². The van der Waals surface area contributed by atoms with Gasteiger partial charge < -0.3 is 51.9 Å². The van der Waals surface area contributed by atoms with E-state index in [1.165, 1.54) is 0 Å². The van der Waals surface area contributed by atoms with Crippen molar-refractivity contribution in [2.75, 3.05) is 21.3 Å². The standard InChI is InChI=1S/4C12H10N2O.2Ag.2NO3/c4*15-12(10-4-2-1-3-5-10)14-11-6-8-13-9-7-11;;;2*2-1(3)4/h4*1-9H,(H,13,14,15);;;;/q;;;;2*+1;2*-1. The minimum atomic E-state index is -1.75. The molecule has 0 aliphatic rings. The second-order valence-electron chi connectivity index (χ2n) is 12.7. The molecule has 0 fully saturated rings. The van der Waals surface area contributed by atoms with Crippen molar-refractivity contribution in [3.8, 4) is 0 Å². The molecule has 0 saturated heterocycles. The SMILES string of the molecule is O=C(Nc1ccncc1)c1ccccc1.O=C(Nc1ccncc1)c1ccccc1.O=C(Nc1ccncc1)c1ccccc1.O=C(Nc1ccncc1)c1ccccc1.O=[N+]([O-])[O-].O=[N+]([O-])[O-].[Ag+].[Ag+]. The van der Waals surface area contributed by atoms with Gasteiger partial charge in [-0.25, -0.2) is 0 Å². The van der Waals surface area contributed by atoms with E-state index in [1.54, 1.807) is 147 Å². The predicted octanol–water partition coefficient (Wildman–Crippen LogP) is 8.85. The van der Waals surface area contributed by atoms with E-state index in [2.05, 4.69) is 41.2 Å². The van der Waals surface area contributed by atoms with Crippen LogP contribution >= 0.6 is 0 Å². The molecule has 0 spiro atoms. The number of nitrogens with zero attached hydrogens (tertiary/aromatic N) is 6. The summed E-state index contributed by atoms with van der Waals surface area (Å²) in [6.07, 6.45) is 13.1. The summed E-state index contributed by atoms with van der Waals surface area (Å²) in [6, 6.07) is 50.4. The fourth-order valence-electron chi connectivity index (χ4n) is 4.91. The van der Waals surface area contributed by atoms with E-state index >= 15 is 0 Å². The van der Waals surface area contributed by atoms with Crippen LogP contribution in [0.3, 0.4) is 0 Å². The molecule has 4 heterocycles. The molecule has 4 amide bonds. The molecule has 364 valence electrons. The van der Waals surface area contributed by atoms with Crippen LogP contribution in [0.5, 0.6) is 0 Å². The predicted molar refractivity (Wildman–Crippen MR) is 255 cm³/mol. The van der Waals surface area contributed by atoms with Crippen LogP contribution in [0.25, 0.3) is 0 Å². The molecule has 4 aromatic heterocycles. The molecule has 22 heteroatoms. The molecule has 0 unspecified atom stereocenters. The zero-order valence-corrected chi connectivity index (χ0v) is 39.1. The van der Waals surface area contributed by atoms with Crippen molar-refractivity contribution in [2.24, 2.45) is 0 Å². The van der Waals surface area contributed by atoms with Crippen molar-refractivity contribution in [1.82, 2.24) is 19.9 Å². The van der Waals surface area contributed by atoms with Crippen LogP contribution in [-0.2, 0) is 44.8 Å². The molecule has 0 bridgehead atoms. The largest absolute Gasteiger partial charge is 1.00 e. The van der Waals surface area contributed by atoms with Crippen LogP contribution in [0.4, 0.5) is 22.7 Å². The van der Waals surface area contributed by atoms with E-state index in [0.29, 0.717) is 22.3 Å². The number of pyridine rings is 4. The van der Waals surface area contributed by atoms with Gasteiger partial charge in [-0.05, 0) is 97.1 Å². The Bertz CT molecular complexity index is 2340. The molecule has 4 aromatic carbocycles. The van der Waals surface area contributed by atoms with E-state index < -0.39 is 10.2 Å². The maximum Gasteiger partial charge on any atom is 1.00 e. The first-order chi connectivity index (χ1) is 32.9. The molecular formula is C48H40Ag2N10O10. The molecule has 20 nitrogen and oxygen atoms in total. The summed E-state index contributed by atoms with van der Waals surface area (Å²) < 4.78 is 0. The molecule has 0 radical (unpaired) electrons. The van der Waals surface area contributed by atoms with Gasteiger partial charge >= 0.3 is 44.8 Å². The number of hydrogen-bond acceptors (Lipinski definition) is 14. The number of carbonyl (C=O) groups excluding carboxylic acids is 4. The van der Waals surface area contributed by atoms with E-state index in [0.717, 1.165) is 22.7 Å². The smallest absolute Gasteiger partial charge is 0.356 e. The third-order valence-corrected chi connectivity index (χ3v) is 7.90. The Morgan fingerprint density at radius 2 is 0.443 bits per heavy atom. The van der Waals surface area contributed by atoms with Crippen LogP contribution in [0, 0.1) is 30.6 Å². The minimum Gasteiger partial charge on any atom is -0.356 e. The Morgan fingerprint density at radius 3 is 0.586 bits per heavy atom. The summed E-state index contributed by atoms with van der Waals surface area (Å²) in [5, 5.41) is 40.6. The Balaban J connectivity index is 0.000000439. The van der Waals surface area contributed by atoms with E-state index in [4.69, 9.17) is 30.6 Å². The first kappa shape index (κ1) is 59.3. The third kappa shape index (κ3) is 26.4. The van der Waals surface area contributed by atoms with E-state index in [1.807, 2.05) is 72.8 Å². The molecule has 0 aliphatic heterocycles. The van der Waals surface area contributed by atoms with Crippen molar-refractivity contribution in [3.63, 3.8) is 0 Å². The van der Waals surface area contributed by atoms with Gasteiger partial charge in [0.25, 0.3) is 23.6 Å². The number of rotatable bonds is 8. The van der Waals surface area contributed by atoms with Crippen molar-refractivity contribution < 1.29 is 74.1 Å². The normalized spacial score (nSPS) is 8.91. The maximum absolute atomic E-state index is 11.7. The fraction of sp³-hybridized carbons (Fsp3) is 0. The summed E-state index contributed by atoms with van der Waals surface area (Å²) >= 11 is 0.